The lowest BCUT2D eigenvalue weighted by atomic mass is 10.00. The summed E-state index contributed by atoms with van der Waals surface area (Å²) in [6.07, 6.45) is 0. The second-order valence-electron chi connectivity index (χ2n) is 7.14. The Morgan fingerprint density at radius 1 is 0.464 bits per heavy atom. The fourth-order valence-corrected chi connectivity index (χ4v) is 4.00. The van der Waals surface area contributed by atoms with Gasteiger partial charge in [-0.25, -0.2) is 0 Å². The summed E-state index contributed by atoms with van der Waals surface area (Å²) in [6.45, 7) is 0. The van der Waals surface area contributed by atoms with Crippen LogP contribution in [-0.4, -0.2) is 7.05 Å². The van der Waals surface area contributed by atoms with Gasteiger partial charge in [0.2, 0.25) is 0 Å². The number of anilines is 2. The van der Waals surface area contributed by atoms with Gasteiger partial charge < -0.3 is 4.90 Å². The van der Waals surface area contributed by atoms with Crippen molar-refractivity contribution in [3.05, 3.63) is 109 Å². The Morgan fingerprint density at radius 3 is 1.86 bits per heavy atom. The summed E-state index contributed by atoms with van der Waals surface area (Å²) in [4.78, 5) is 2.30. The van der Waals surface area contributed by atoms with Crippen molar-refractivity contribution in [2.45, 2.75) is 0 Å². The van der Waals surface area contributed by atoms with Crippen molar-refractivity contribution in [3.63, 3.8) is 0 Å². The van der Waals surface area contributed by atoms with Crippen LogP contribution in [0.1, 0.15) is 0 Å². The summed E-state index contributed by atoms with van der Waals surface area (Å²) in [5, 5.41) is 5.05. The molecule has 1 nitrogen and oxygen atoms in total. The maximum absolute atomic E-state index is 2.30. The maximum Gasteiger partial charge on any atom is 0.0487 e. The minimum absolute atomic E-state index is 1.22. The number of nitrogens with zero attached hydrogens (tertiary/aromatic N) is 1. The quantitative estimate of drug-likeness (QED) is 0.324. The lowest BCUT2D eigenvalue weighted by Crippen LogP contribution is -2.10. The molecule has 0 amide bonds. The van der Waals surface area contributed by atoms with E-state index in [-0.39, 0.29) is 0 Å². The Labute approximate surface area is 165 Å². The minimum Gasteiger partial charge on any atom is -0.344 e. The molecule has 0 saturated heterocycles. The van der Waals surface area contributed by atoms with Crippen molar-refractivity contribution >= 4 is 32.9 Å². The van der Waals surface area contributed by atoms with Crippen molar-refractivity contribution in [2.24, 2.45) is 0 Å². The predicted molar refractivity (Wildman–Crippen MR) is 121 cm³/mol. The average Bonchev–Trinajstić information content (AvgIpc) is 2.78. The summed E-state index contributed by atoms with van der Waals surface area (Å²) in [7, 11) is 2.15. The van der Waals surface area contributed by atoms with Crippen LogP contribution in [0.5, 0.6) is 0 Å². The predicted octanol–water partition coefficient (Wildman–Crippen LogP) is 7.43. The van der Waals surface area contributed by atoms with E-state index in [0.717, 1.165) is 0 Å². The Bertz CT molecular complexity index is 1270. The summed E-state index contributed by atoms with van der Waals surface area (Å²) >= 11 is 0. The molecule has 1 heteroatoms. The normalized spacial score (nSPS) is 11.0. The molecule has 0 fully saturated rings. The highest BCUT2D eigenvalue weighted by Crippen LogP contribution is 2.36. The van der Waals surface area contributed by atoms with Gasteiger partial charge in [0.25, 0.3) is 0 Å². The Balaban J connectivity index is 1.64. The van der Waals surface area contributed by atoms with E-state index in [9.17, 15) is 0 Å². The van der Waals surface area contributed by atoms with Gasteiger partial charge >= 0.3 is 0 Å². The van der Waals surface area contributed by atoms with Gasteiger partial charge in [-0.1, -0.05) is 91.0 Å². The van der Waals surface area contributed by atoms with E-state index in [1.54, 1.807) is 0 Å². The lowest BCUT2D eigenvalue weighted by Gasteiger charge is -2.23. The van der Waals surface area contributed by atoms with Crippen LogP contribution < -0.4 is 4.90 Å². The number of rotatable bonds is 3. The molecule has 0 bridgehead atoms. The van der Waals surface area contributed by atoms with Crippen molar-refractivity contribution in [1.29, 1.82) is 0 Å². The van der Waals surface area contributed by atoms with Crippen molar-refractivity contribution in [3.8, 4) is 11.1 Å². The lowest BCUT2D eigenvalue weighted by molar-refractivity contribution is 1.23. The molecule has 0 aliphatic rings. The molecule has 5 rings (SSSR count). The smallest absolute Gasteiger partial charge is 0.0487 e. The van der Waals surface area contributed by atoms with Gasteiger partial charge in [0.1, 0.15) is 0 Å². The zero-order chi connectivity index (χ0) is 18.9. The maximum atomic E-state index is 2.30. The molecule has 0 radical (unpaired) electrons. The standard InChI is InChI=1S/C27H21N/c1-28(26-15-7-12-21-11-5-6-14-24(21)26)27-16-8-13-23-19-22(17-18-25(23)27)20-9-3-2-4-10-20/h2-19H,1H3. The number of hydrogen-bond acceptors (Lipinski definition) is 1. The average molecular weight is 359 g/mol. The second kappa shape index (κ2) is 6.86. The van der Waals surface area contributed by atoms with Crippen molar-refractivity contribution in [1.82, 2.24) is 0 Å². The van der Waals surface area contributed by atoms with E-state index < -0.39 is 0 Å². The first kappa shape index (κ1) is 16.6. The molecule has 0 unspecified atom stereocenters. The highest BCUT2D eigenvalue weighted by atomic mass is 15.1. The van der Waals surface area contributed by atoms with E-state index in [1.165, 1.54) is 44.0 Å². The van der Waals surface area contributed by atoms with Gasteiger partial charge in [-0.15, -0.1) is 0 Å². The van der Waals surface area contributed by atoms with E-state index in [0.29, 0.717) is 0 Å². The largest absolute Gasteiger partial charge is 0.344 e. The summed E-state index contributed by atoms with van der Waals surface area (Å²) in [5.41, 5.74) is 4.93. The molecule has 0 spiro atoms. The third-order valence-corrected chi connectivity index (χ3v) is 5.45. The number of hydrogen-bond donors (Lipinski definition) is 0. The molecule has 134 valence electrons. The Hall–Kier alpha value is -3.58. The first-order chi connectivity index (χ1) is 13.8. The minimum atomic E-state index is 1.22. The van der Waals surface area contributed by atoms with E-state index in [1.807, 2.05) is 0 Å². The second-order valence-corrected chi connectivity index (χ2v) is 7.14. The first-order valence-corrected chi connectivity index (χ1v) is 9.61. The van der Waals surface area contributed by atoms with E-state index in [4.69, 9.17) is 0 Å². The highest BCUT2D eigenvalue weighted by molar-refractivity contribution is 6.02. The SMILES string of the molecule is CN(c1cccc2ccccc12)c1cccc2cc(-c3ccccc3)ccc12. The van der Waals surface area contributed by atoms with Crippen LogP contribution in [0.4, 0.5) is 11.4 Å². The Kier molecular flexibility index (Phi) is 4.06. The molecule has 5 aromatic rings. The summed E-state index contributed by atoms with van der Waals surface area (Å²) in [5.74, 6) is 0. The van der Waals surface area contributed by atoms with Gasteiger partial charge in [-0.05, 0) is 40.1 Å². The summed E-state index contributed by atoms with van der Waals surface area (Å²) < 4.78 is 0. The number of benzene rings is 5. The van der Waals surface area contributed by atoms with Gasteiger partial charge in [0, 0.05) is 29.2 Å². The molecule has 0 aliphatic heterocycles. The van der Waals surface area contributed by atoms with E-state index in [2.05, 4.69) is 121 Å². The molecular formula is C27H21N. The van der Waals surface area contributed by atoms with Gasteiger partial charge in [-0.3, -0.25) is 0 Å². The van der Waals surface area contributed by atoms with Crippen molar-refractivity contribution in [2.75, 3.05) is 11.9 Å². The fraction of sp³-hybridized carbons (Fsp3) is 0.0370. The first-order valence-electron chi connectivity index (χ1n) is 9.61. The van der Waals surface area contributed by atoms with Crippen LogP contribution >= 0.6 is 0 Å². The van der Waals surface area contributed by atoms with Crippen LogP contribution in [0.3, 0.4) is 0 Å². The van der Waals surface area contributed by atoms with Gasteiger partial charge in [0.05, 0.1) is 0 Å². The molecule has 0 aliphatic carbocycles. The zero-order valence-electron chi connectivity index (χ0n) is 15.8. The molecule has 0 N–H and O–H groups in total. The molecule has 5 aromatic carbocycles. The topological polar surface area (TPSA) is 3.24 Å². The van der Waals surface area contributed by atoms with E-state index >= 15 is 0 Å². The molecule has 0 aromatic heterocycles. The van der Waals surface area contributed by atoms with Crippen LogP contribution in [0.25, 0.3) is 32.7 Å². The third-order valence-electron chi connectivity index (χ3n) is 5.45. The van der Waals surface area contributed by atoms with Gasteiger partial charge in [0.15, 0.2) is 0 Å². The number of fused-ring (bicyclic) bond motifs is 2. The molecule has 0 saturated carbocycles. The van der Waals surface area contributed by atoms with Crippen LogP contribution in [0.2, 0.25) is 0 Å². The third kappa shape index (κ3) is 2.82. The highest BCUT2D eigenvalue weighted by Gasteiger charge is 2.11. The zero-order valence-corrected chi connectivity index (χ0v) is 15.8. The molecule has 0 heterocycles. The fourth-order valence-electron chi connectivity index (χ4n) is 4.00. The monoisotopic (exact) mass is 359 g/mol. The van der Waals surface area contributed by atoms with Gasteiger partial charge in [-0.2, -0.15) is 0 Å². The Morgan fingerprint density at radius 2 is 1.07 bits per heavy atom. The van der Waals surface area contributed by atoms with Crippen molar-refractivity contribution < 1.29 is 0 Å². The van der Waals surface area contributed by atoms with Crippen LogP contribution in [-0.2, 0) is 0 Å². The van der Waals surface area contributed by atoms with Crippen LogP contribution in [0, 0.1) is 0 Å². The molecule has 0 atom stereocenters. The molecule has 28 heavy (non-hydrogen) atoms. The molecular weight excluding hydrogens is 338 g/mol. The summed E-state index contributed by atoms with van der Waals surface area (Å²) in [6, 6.07) is 38.9. The van der Waals surface area contributed by atoms with Crippen LogP contribution in [0.15, 0.2) is 109 Å².